The van der Waals surface area contributed by atoms with Gasteiger partial charge in [-0.1, -0.05) is 39.5 Å². The first-order valence-electron chi connectivity index (χ1n) is 6.85. The van der Waals surface area contributed by atoms with Gasteiger partial charge in [0.1, 0.15) is 0 Å². The van der Waals surface area contributed by atoms with Crippen LogP contribution in [0.25, 0.3) is 0 Å². The molecule has 0 radical (unpaired) electrons. The average molecular weight is 256 g/mol. The van der Waals surface area contributed by atoms with E-state index in [2.05, 4.69) is 24.5 Å². The second-order valence-electron chi connectivity index (χ2n) is 5.65. The lowest BCUT2D eigenvalue weighted by molar-refractivity contribution is 0.247. The molecule has 4 heteroatoms. The van der Waals surface area contributed by atoms with Crippen LogP contribution in [-0.2, 0) is 0 Å². The van der Waals surface area contributed by atoms with E-state index in [-0.39, 0.29) is 6.03 Å². The van der Waals surface area contributed by atoms with Gasteiger partial charge in [-0.05, 0) is 12.3 Å². The summed E-state index contributed by atoms with van der Waals surface area (Å²) in [4.78, 5) is 11.2. The van der Waals surface area contributed by atoms with Crippen molar-refractivity contribution in [2.75, 3.05) is 5.75 Å². The molecule has 3 atom stereocenters. The minimum absolute atomic E-state index is 0.0325. The van der Waals surface area contributed by atoms with Gasteiger partial charge in [0.15, 0.2) is 0 Å². The highest BCUT2D eigenvalue weighted by molar-refractivity contribution is 8.00. The van der Waals surface area contributed by atoms with E-state index in [1.165, 1.54) is 32.1 Å². The molecule has 0 aromatic rings. The summed E-state index contributed by atoms with van der Waals surface area (Å²) in [6, 6.07) is 0.802. The molecule has 2 N–H and O–H groups in total. The summed E-state index contributed by atoms with van der Waals surface area (Å²) < 4.78 is 0. The van der Waals surface area contributed by atoms with Crippen LogP contribution in [0.5, 0.6) is 0 Å². The number of hydrogen-bond donors (Lipinski definition) is 2. The van der Waals surface area contributed by atoms with Crippen molar-refractivity contribution in [2.24, 2.45) is 5.92 Å². The van der Waals surface area contributed by atoms with Crippen LogP contribution in [0.2, 0.25) is 0 Å². The maximum Gasteiger partial charge on any atom is 0.315 e. The molecule has 2 fully saturated rings. The Morgan fingerprint density at radius 2 is 2.12 bits per heavy atom. The molecule has 3 nitrogen and oxygen atoms in total. The van der Waals surface area contributed by atoms with Gasteiger partial charge in [-0.25, -0.2) is 4.79 Å². The third-order valence-electron chi connectivity index (χ3n) is 3.71. The third-order valence-corrected chi connectivity index (χ3v) is 5.22. The minimum atomic E-state index is 0.0325. The van der Waals surface area contributed by atoms with Crippen LogP contribution >= 0.6 is 11.8 Å². The van der Waals surface area contributed by atoms with E-state index in [1.54, 1.807) is 0 Å². The lowest BCUT2D eigenvalue weighted by Gasteiger charge is -2.16. The molecule has 2 rings (SSSR count). The molecule has 0 aromatic carbocycles. The van der Waals surface area contributed by atoms with Crippen LogP contribution in [0.1, 0.15) is 46.0 Å². The third kappa shape index (κ3) is 3.54. The largest absolute Gasteiger partial charge is 0.332 e. The Morgan fingerprint density at radius 3 is 2.88 bits per heavy atom. The molecule has 0 aliphatic carbocycles. The van der Waals surface area contributed by atoms with Gasteiger partial charge in [-0.15, -0.1) is 0 Å². The van der Waals surface area contributed by atoms with Crippen molar-refractivity contribution in [3.8, 4) is 0 Å². The minimum Gasteiger partial charge on any atom is -0.332 e. The number of amides is 2. The van der Waals surface area contributed by atoms with Crippen LogP contribution in [0.4, 0.5) is 4.79 Å². The predicted molar refractivity (Wildman–Crippen MR) is 73.4 cm³/mol. The summed E-state index contributed by atoms with van der Waals surface area (Å²) in [6.45, 7) is 4.58. The van der Waals surface area contributed by atoms with Crippen molar-refractivity contribution >= 4 is 17.8 Å². The number of carbonyl (C=O) groups excluding carboxylic acids is 1. The average Bonchev–Trinajstić information content (AvgIpc) is 2.77. The molecule has 0 unspecified atom stereocenters. The van der Waals surface area contributed by atoms with Crippen molar-refractivity contribution in [2.45, 2.75) is 63.3 Å². The van der Waals surface area contributed by atoms with Crippen molar-refractivity contribution in [1.82, 2.24) is 10.6 Å². The van der Waals surface area contributed by atoms with Gasteiger partial charge in [0.2, 0.25) is 0 Å². The molecule has 2 amide bonds. The van der Waals surface area contributed by atoms with E-state index in [1.807, 2.05) is 11.8 Å². The molecule has 2 heterocycles. The Morgan fingerprint density at radius 1 is 1.29 bits per heavy atom. The first kappa shape index (κ1) is 13.1. The van der Waals surface area contributed by atoms with Gasteiger partial charge in [-0.2, -0.15) is 11.8 Å². The van der Waals surface area contributed by atoms with E-state index in [0.717, 1.165) is 11.7 Å². The number of hydrogen-bond acceptors (Lipinski definition) is 2. The number of nitrogens with one attached hydrogen (secondary N) is 2. The normalized spacial score (nSPS) is 31.5. The lowest BCUT2D eigenvalue weighted by Crippen LogP contribution is -2.36. The van der Waals surface area contributed by atoms with Crippen LogP contribution in [0.3, 0.4) is 0 Å². The number of rotatable bonds is 6. The Bertz CT molecular complexity index is 270. The highest BCUT2D eigenvalue weighted by Gasteiger charge is 2.42. The lowest BCUT2D eigenvalue weighted by atomic mass is 10.0. The van der Waals surface area contributed by atoms with Crippen LogP contribution in [0.15, 0.2) is 0 Å². The van der Waals surface area contributed by atoms with Crippen LogP contribution < -0.4 is 10.6 Å². The monoisotopic (exact) mass is 256 g/mol. The highest BCUT2D eigenvalue weighted by atomic mass is 32.2. The van der Waals surface area contributed by atoms with E-state index < -0.39 is 0 Å². The molecule has 2 aliphatic rings. The quantitative estimate of drug-likeness (QED) is 0.567. The summed E-state index contributed by atoms with van der Waals surface area (Å²) in [5.41, 5.74) is 0. The van der Waals surface area contributed by atoms with E-state index in [0.29, 0.717) is 17.3 Å². The van der Waals surface area contributed by atoms with Gasteiger partial charge >= 0.3 is 6.03 Å². The number of unbranched alkanes of at least 4 members (excludes halogenated alkanes) is 2. The number of fused-ring (bicyclic) bond motifs is 1. The van der Waals surface area contributed by atoms with E-state index in [9.17, 15) is 4.79 Å². The summed E-state index contributed by atoms with van der Waals surface area (Å²) >= 11 is 2.02. The van der Waals surface area contributed by atoms with Crippen molar-refractivity contribution < 1.29 is 4.79 Å². The highest BCUT2D eigenvalue weighted by Crippen LogP contribution is 2.33. The van der Waals surface area contributed by atoms with Crippen LogP contribution in [-0.4, -0.2) is 29.1 Å². The number of thioether (sulfide) groups is 1. The fraction of sp³-hybridized carbons (Fsp3) is 0.923. The van der Waals surface area contributed by atoms with Gasteiger partial charge in [0.05, 0.1) is 12.1 Å². The van der Waals surface area contributed by atoms with E-state index >= 15 is 0 Å². The van der Waals surface area contributed by atoms with Gasteiger partial charge in [-0.3, -0.25) is 0 Å². The Balaban J connectivity index is 1.62. The maximum atomic E-state index is 11.2. The zero-order chi connectivity index (χ0) is 12.3. The molecule has 0 spiro atoms. The maximum absolute atomic E-state index is 11.2. The molecular formula is C13H24N2OS. The predicted octanol–water partition coefficient (Wildman–Crippen LogP) is 2.76. The summed E-state index contributed by atoms with van der Waals surface area (Å²) in [5.74, 6) is 1.92. The fourth-order valence-corrected chi connectivity index (χ4v) is 4.26. The molecule has 2 aliphatic heterocycles. The second kappa shape index (κ2) is 5.98. The molecular weight excluding hydrogens is 232 g/mol. The van der Waals surface area contributed by atoms with Gasteiger partial charge in [0, 0.05) is 11.0 Å². The zero-order valence-electron chi connectivity index (χ0n) is 10.9. The Hall–Kier alpha value is -0.380. The SMILES string of the molecule is CC(C)CCCCC[C@@H]1SC[C@@H]2NC(=O)N[C@@H]21. The summed E-state index contributed by atoms with van der Waals surface area (Å²) in [5, 5.41) is 6.68. The summed E-state index contributed by atoms with van der Waals surface area (Å²) in [7, 11) is 0. The molecule has 17 heavy (non-hydrogen) atoms. The smallest absolute Gasteiger partial charge is 0.315 e. The molecule has 0 bridgehead atoms. The first-order chi connectivity index (χ1) is 8.16. The standard InChI is InChI=1S/C13H24N2OS/c1-9(2)6-4-3-5-7-11-12-10(8-17-11)14-13(16)15-12/h9-12H,3-8H2,1-2H3,(H2,14,15,16)/t10-,11-,12-/m0/s1. The first-order valence-corrected chi connectivity index (χ1v) is 7.90. The number of carbonyl (C=O) groups is 1. The van der Waals surface area contributed by atoms with Crippen molar-refractivity contribution in [3.05, 3.63) is 0 Å². The van der Waals surface area contributed by atoms with Gasteiger partial charge in [0.25, 0.3) is 0 Å². The molecule has 0 aromatic heterocycles. The molecule has 98 valence electrons. The molecule has 0 saturated carbocycles. The Labute approximate surface area is 108 Å². The Kier molecular flexibility index (Phi) is 4.60. The molecule has 2 saturated heterocycles. The van der Waals surface area contributed by atoms with Crippen molar-refractivity contribution in [1.29, 1.82) is 0 Å². The van der Waals surface area contributed by atoms with Gasteiger partial charge < -0.3 is 10.6 Å². The van der Waals surface area contributed by atoms with Crippen molar-refractivity contribution in [3.63, 3.8) is 0 Å². The van der Waals surface area contributed by atoms with E-state index in [4.69, 9.17) is 0 Å². The fourth-order valence-electron chi connectivity index (χ4n) is 2.72. The topological polar surface area (TPSA) is 41.1 Å². The van der Waals surface area contributed by atoms with Crippen LogP contribution in [0, 0.1) is 5.92 Å². The zero-order valence-corrected chi connectivity index (χ0v) is 11.7. The number of urea groups is 1. The second-order valence-corrected chi connectivity index (χ2v) is 6.93. The summed E-state index contributed by atoms with van der Waals surface area (Å²) in [6.07, 6.45) is 6.61.